The first kappa shape index (κ1) is 16.2. The summed E-state index contributed by atoms with van der Waals surface area (Å²) in [7, 11) is 0. The lowest BCUT2D eigenvalue weighted by Gasteiger charge is -2.17. The molecule has 2 atom stereocenters. The fraction of sp³-hybridized carbons (Fsp3) is 0.438. The fourth-order valence-corrected chi connectivity index (χ4v) is 2.17. The van der Waals surface area contributed by atoms with Crippen LogP contribution < -0.4 is 10.7 Å². The standard InChI is InChI=1S/C16H21N3O3/c1-3-11(2)14(20)8-17-16(22)10-19-13-7-5-4-6-12(13)15(21)9-18-19/h4-7,9,11,14,20H,3,8,10H2,1-2H3,(H,17,22). The molecule has 0 radical (unpaired) electrons. The number of carbonyl (C=O) groups excluding carboxylic acids is 1. The van der Waals surface area contributed by atoms with Crippen molar-refractivity contribution in [2.45, 2.75) is 32.9 Å². The summed E-state index contributed by atoms with van der Waals surface area (Å²) in [6.07, 6.45) is 1.50. The number of para-hydroxylation sites is 1. The number of aromatic nitrogens is 2. The molecule has 0 bridgehead atoms. The first-order valence-electron chi connectivity index (χ1n) is 7.42. The van der Waals surface area contributed by atoms with E-state index in [1.807, 2.05) is 13.8 Å². The van der Waals surface area contributed by atoms with Crippen molar-refractivity contribution in [2.24, 2.45) is 5.92 Å². The summed E-state index contributed by atoms with van der Waals surface area (Å²) in [5.74, 6) is -0.115. The van der Waals surface area contributed by atoms with Crippen molar-refractivity contribution in [2.75, 3.05) is 6.54 Å². The van der Waals surface area contributed by atoms with Gasteiger partial charge in [-0.3, -0.25) is 14.3 Å². The van der Waals surface area contributed by atoms with Crippen molar-refractivity contribution in [1.82, 2.24) is 15.1 Å². The van der Waals surface area contributed by atoms with Crippen molar-refractivity contribution in [3.63, 3.8) is 0 Å². The van der Waals surface area contributed by atoms with E-state index in [1.165, 1.54) is 10.9 Å². The van der Waals surface area contributed by atoms with Gasteiger partial charge in [-0.25, -0.2) is 0 Å². The number of fused-ring (bicyclic) bond motifs is 1. The molecule has 0 aliphatic rings. The van der Waals surface area contributed by atoms with Gasteiger partial charge in [-0.1, -0.05) is 32.4 Å². The maximum absolute atomic E-state index is 12.0. The molecule has 1 amide bonds. The highest BCUT2D eigenvalue weighted by Crippen LogP contribution is 2.08. The summed E-state index contributed by atoms with van der Waals surface area (Å²) in [5.41, 5.74) is 0.451. The molecule has 0 fully saturated rings. The lowest BCUT2D eigenvalue weighted by Crippen LogP contribution is -2.37. The van der Waals surface area contributed by atoms with Crippen LogP contribution in [0.2, 0.25) is 0 Å². The van der Waals surface area contributed by atoms with Crippen molar-refractivity contribution in [1.29, 1.82) is 0 Å². The Hall–Kier alpha value is -2.21. The Bertz CT molecular complexity index is 711. The minimum absolute atomic E-state index is 0.00796. The average molecular weight is 303 g/mol. The number of amides is 1. The van der Waals surface area contributed by atoms with Crippen LogP contribution >= 0.6 is 0 Å². The van der Waals surface area contributed by atoms with E-state index in [-0.39, 0.29) is 30.3 Å². The molecule has 6 heteroatoms. The number of nitrogens with one attached hydrogen (secondary N) is 1. The molecular weight excluding hydrogens is 282 g/mol. The van der Waals surface area contributed by atoms with Gasteiger partial charge in [0.25, 0.3) is 0 Å². The number of nitrogens with zero attached hydrogens (tertiary/aromatic N) is 2. The molecule has 1 aromatic heterocycles. The van der Waals surface area contributed by atoms with Crippen molar-refractivity contribution < 1.29 is 9.90 Å². The molecule has 0 aliphatic carbocycles. The van der Waals surface area contributed by atoms with Crippen LogP contribution in [0.5, 0.6) is 0 Å². The molecule has 6 nitrogen and oxygen atoms in total. The van der Waals surface area contributed by atoms with Crippen LogP contribution in [0, 0.1) is 5.92 Å². The van der Waals surface area contributed by atoms with E-state index in [0.717, 1.165) is 6.42 Å². The Balaban J connectivity index is 2.07. The number of carbonyl (C=O) groups is 1. The highest BCUT2D eigenvalue weighted by molar-refractivity contribution is 5.81. The van der Waals surface area contributed by atoms with Crippen molar-refractivity contribution >= 4 is 16.8 Å². The first-order valence-corrected chi connectivity index (χ1v) is 7.42. The van der Waals surface area contributed by atoms with Crippen LogP contribution in [0.4, 0.5) is 0 Å². The lowest BCUT2D eigenvalue weighted by atomic mass is 10.0. The molecule has 2 aromatic rings. The minimum Gasteiger partial charge on any atom is -0.391 e. The van der Waals surface area contributed by atoms with E-state index in [9.17, 15) is 14.7 Å². The SMILES string of the molecule is CCC(C)C(O)CNC(=O)Cn1ncc(=O)c2ccccc21. The van der Waals surface area contributed by atoms with Gasteiger partial charge in [-0.05, 0) is 18.1 Å². The number of hydrogen-bond donors (Lipinski definition) is 2. The fourth-order valence-electron chi connectivity index (χ4n) is 2.17. The monoisotopic (exact) mass is 303 g/mol. The van der Waals surface area contributed by atoms with Gasteiger partial charge in [-0.2, -0.15) is 5.10 Å². The highest BCUT2D eigenvalue weighted by atomic mass is 16.3. The number of rotatable bonds is 6. The van der Waals surface area contributed by atoms with Gasteiger partial charge in [0.05, 0.1) is 17.8 Å². The van der Waals surface area contributed by atoms with E-state index in [1.54, 1.807) is 24.3 Å². The summed E-state index contributed by atoms with van der Waals surface area (Å²) in [4.78, 5) is 23.7. The van der Waals surface area contributed by atoms with E-state index >= 15 is 0 Å². The zero-order valence-electron chi connectivity index (χ0n) is 12.8. The minimum atomic E-state index is -0.562. The summed E-state index contributed by atoms with van der Waals surface area (Å²) < 4.78 is 1.49. The molecule has 0 aliphatic heterocycles. The van der Waals surface area contributed by atoms with Crippen LogP contribution in [0.3, 0.4) is 0 Å². The Kier molecular flexibility index (Phi) is 5.27. The van der Waals surface area contributed by atoms with Crippen molar-refractivity contribution in [3.8, 4) is 0 Å². The summed E-state index contributed by atoms with van der Waals surface area (Å²) >= 11 is 0. The van der Waals surface area contributed by atoms with Gasteiger partial charge < -0.3 is 10.4 Å². The van der Waals surface area contributed by atoms with E-state index in [2.05, 4.69) is 10.4 Å². The molecule has 22 heavy (non-hydrogen) atoms. The molecule has 1 aromatic carbocycles. The number of aliphatic hydroxyl groups is 1. The van der Waals surface area contributed by atoms with Gasteiger partial charge in [0.2, 0.25) is 11.3 Å². The third-order valence-electron chi connectivity index (χ3n) is 3.86. The maximum atomic E-state index is 12.0. The van der Waals surface area contributed by atoms with E-state index in [4.69, 9.17) is 0 Å². The number of benzene rings is 1. The average Bonchev–Trinajstić information content (AvgIpc) is 2.54. The van der Waals surface area contributed by atoms with Gasteiger partial charge >= 0.3 is 0 Å². The molecule has 0 spiro atoms. The molecular formula is C16H21N3O3. The van der Waals surface area contributed by atoms with Crippen LogP contribution in [0.25, 0.3) is 10.9 Å². The Morgan fingerprint density at radius 3 is 2.86 bits per heavy atom. The molecule has 1 heterocycles. The smallest absolute Gasteiger partial charge is 0.241 e. The predicted molar refractivity (Wildman–Crippen MR) is 84.5 cm³/mol. The van der Waals surface area contributed by atoms with Crippen LogP contribution in [0.1, 0.15) is 20.3 Å². The molecule has 2 N–H and O–H groups in total. The molecule has 0 saturated carbocycles. The molecule has 2 rings (SSSR count). The van der Waals surface area contributed by atoms with E-state index in [0.29, 0.717) is 10.9 Å². The highest BCUT2D eigenvalue weighted by Gasteiger charge is 2.14. The third kappa shape index (κ3) is 3.71. The van der Waals surface area contributed by atoms with Crippen molar-refractivity contribution in [3.05, 3.63) is 40.7 Å². The first-order chi connectivity index (χ1) is 10.5. The normalized spacial score (nSPS) is 13.8. The van der Waals surface area contributed by atoms with E-state index < -0.39 is 6.10 Å². The van der Waals surface area contributed by atoms with Gasteiger partial charge in [0.1, 0.15) is 6.54 Å². The Labute approximate surface area is 128 Å². The topological polar surface area (TPSA) is 84.2 Å². The molecule has 0 saturated heterocycles. The molecule has 118 valence electrons. The number of aliphatic hydroxyl groups excluding tert-OH is 1. The lowest BCUT2D eigenvalue weighted by molar-refractivity contribution is -0.122. The quantitative estimate of drug-likeness (QED) is 0.831. The summed E-state index contributed by atoms with van der Waals surface area (Å²) in [5, 5.41) is 17.1. The van der Waals surface area contributed by atoms with Crippen LogP contribution in [-0.2, 0) is 11.3 Å². The van der Waals surface area contributed by atoms with Gasteiger partial charge in [-0.15, -0.1) is 0 Å². The van der Waals surface area contributed by atoms with Crippen LogP contribution in [0.15, 0.2) is 35.3 Å². The zero-order valence-corrected chi connectivity index (χ0v) is 12.8. The Morgan fingerprint density at radius 2 is 2.14 bits per heavy atom. The molecule has 2 unspecified atom stereocenters. The maximum Gasteiger partial charge on any atom is 0.241 e. The van der Waals surface area contributed by atoms with Crippen LogP contribution in [-0.4, -0.2) is 33.4 Å². The largest absolute Gasteiger partial charge is 0.391 e. The summed E-state index contributed by atoms with van der Waals surface area (Å²) in [6, 6.07) is 7.03. The second kappa shape index (κ2) is 7.17. The summed E-state index contributed by atoms with van der Waals surface area (Å²) in [6.45, 7) is 4.15. The second-order valence-corrected chi connectivity index (χ2v) is 5.44. The Morgan fingerprint density at radius 1 is 1.41 bits per heavy atom. The van der Waals surface area contributed by atoms with Gasteiger partial charge in [0.15, 0.2) is 0 Å². The zero-order chi connectivity index (χ0) is 16.1. The second-order valence-electron chi connectivity index (χ2n) is 5.44. The van der Waals surface area contributed by atoms with Gasteiger partial charge in [0, 0.05) is 11.9 Å². The predicted octanol–water partition coefficient (Wildman–Crippen LogP) is 0.920. The number of hydrogen-bond acceptors (Lipinski definition) is 4. The third-order valence-corrected chi connectivity index (χ3v) is 3.86.